The Morgan fingerprint density at radius 1 is 1.56 bits per heavy atom. The van der Waals surface area contributed by atoms with E-state index in [9.17, 15) is 4.79 Å². The zero-order chi connectivity index (χ0) is 12.3. The van der Waals surface area contributed by atoms with Gasteiger partial charge in [0.15, 0.2) is 0 Å². The van der Waals surface area contributed by atoms with E-state index in [2.05, 4.69) is 19.2 Å². The molecule has 0 radical (unpaired) electrons. The van der Waals surface area contributed by atoms with Crippen molar-refractivity contribution in [1.82, 2.24) is 5.32 Å². The van der Waals surface area contributed by atoms with E-state index in [1.165, 1.54) is 7.11 Å². The van der Waals surface area contributed by atoms with Gasteiger partial charge < -0.3 is 14.6 Å². The summed E-state index contributed by atoms with van der Waals surface area (Å²) in [5, 5.41) is 12.1. The molecule has 16 heavy (non-hydrogen) atoms. The van der Waals surface area contributed by atoms with Gasteiger partial charge in [0.1, 0.15) is 6.04 Å². The summed E-state index contributed by atoms with van der Waals surface area (Å²) in [4.78, 5) is 11.0. The van der Waals surface area contributed by atoms with Gasteiger partial charge in [-0.2, -0.15) is 0 Å². The minimum Gasteiger partial charge on any atom is -0.480 e. The van der Waals surface area contributed by atoms with Gasteiger partial charge in [-0.05, 0) is 6.42 Å². The van der Waals surface area contributed by atoms with E-state index < -0.39 is 12.0 Å². The predicted octanol–water partition coefficient (Wildman–Crippen LogP) is 0.489. The second-order valence-electron chi connectivity index (χ2n) is 4.85. The number of nitrogens with one attached hydrogen (secondary N) is 1. The molecule has 0 bridgehead atoms. The Morgan fingerprint density at radius 3 is 2.56 bits per heavy atom. The van der Waals surface area contributed by atoms with Crippen molar-refractivity contribution in [2.24, 2.45) is 5.41 Å². The fraction of sp³-hybridized carbons (Fsp3) is 0.909. The Kier molecular flexibility index (Phi) is 4.29. The van der Waals surface area contributed by atoms with Crippen LogP contribution in [0.15, 0.2) is 0 Å². The van der Waals surface area contributed by atoms with Crippen LogP contribution in [0.2, 0.25) is 0 Å². The fourth-order valence-electron chi connectivity index (χ4n) is 2.17. The SMILES string of the molecule is COCC(NC1CC(OC)C1(C)C)C(=O)O. The summed E-state index contributed by atoms with van der Waals surface area (Å²) in [7, 11) is 3.19. The summed E-state index contributed by atoms with van der Waals surface area (Å²) in [5.74, 6) is -0.876. The molecule has 1 fully saturated rings. The highest BCUT2D eigenvalue weighted by molar-refractivity contribution is 5.73. The molecule has 1 rings (SSSR count). The van der Waals surface area contributed by atoms with Gasteiger partial charge >= 0.3 is 5.97 Å². The zero-order valence-electron chi connectivity index (χ0n) is 10.3. The normalized spacial score (nSPS) is 29.5. The molecule has 3 atom stereocenters. The van der Waals surface area contributed by atoms with Gasteiger partial charge in [0, 0.05) is 25.7 Å². The highest BCUT2D eigenvalue weighted by Crippen LogP contribution is 2.42. The summed E-state index contributed by atoms with van der Waals surface area (Å²) in [6.07, 6.45) is 1.04. The van der Waals surface area contributed by atoms with Gasteiger partial charge in [-0.1, -0.05) is 13.8 Å². The summed E-state index contributed by atoms with van der Waals surface area (Å²) in [6, 6.07) is -0.485. The second-order valence-corrected chi connectivity index (χ2v) is 4.85. The molecule has 3 unspecified atom stereocenters. The van der Waals surface area contributed by atoms with Crippen molar-refractivity contribution in [1.29, 1.82) is 0 Å². The summed E-state index contributed by atoms with van der Waals surface area (Å²) < 4.78 is 10.2. The van der Waals surface area contributed by atoms with Crippen molar-refractivity contribution < 1.29 is 19.4 Å². The lowest BCUT2D eigenvalue weighted by Crippen LogP contribution is -2.64. The molecule has 0 aromatic carbocycles. The third-order valence-electron chi connectivity index (χ3n) is 3.50. The summed E-state index contributed by atoms with van der Waals surface area (Å²) in [6.45, 7) is 4.33. The Balaban J connectivity index is 2.51. The Labute approximate surface area is 96.1 Å². The maximum Gasteiger partial charge on any atom is 0.323 e. The molecular weight excluding hydrogens is 210 g/mol. The minimum atomic E-state index is -0.876. The van der Waals surface area contributed by atoms with Crippen molar-refractivity contribution in [3.8, 4) is 0 Å². The van der Waals surface area contributed by atoms with E-state index in [1.807, 2.05) is 0 Å². The standard InChI is InChI=1S/C11H21NO4/c1-11(2)8(5-9(11)16-4)12-7(6-15-3)10(13)14/h7-9,12H,5-6H2,1-4H3,(H,13,14). The number of hydrogen-bond acceptors (Lipinski definition) is 4. The summed E-state index contributed by atoms with van der Waals surface area (Å²) in [5.41, 5.74) is -0.0316. The molecule has 0 heterocycles. The highest BCUT2D eigenvalue weighted by atomic mass is 16.5. The van der Waals surface area contributed by atoms with Crippen molar-refractivity contribution in [2.75, 3.05) is 20.8 Å². The van der Waals surface area contributed by atoms with Gasteiger partial charge in [-0.25, -0.2) is 0 Å². The quantitative estimate of drug-likeness (QED) is 0.696. The number of ether oxygens (including phenoxy) is 2. The molecule has 0 spiro atoms. The Hall–Kier alpha value is -0.650. The molecule has 5 nitrogen and oxygen atoms in total. The van der Waals surface area contributed by atoms with Gasteiger partial charge in [-0.15, -0.1) is 0 Å². The lowest BCUT2D eigenvalue weighted by atomic mass is 9.64. The second kappa shape index (κ2) is 5.12. The van der Waals surface area contributed by atoms with E-state index in [0.717, 1.165) is 6.42 Å². The molecule has 0 aromatic heterocycles. The molecule has 1 saturated carbocycles. The van der Waals surface area contributed by atoms with Crippen molar-refractivity contribution in [3.63, 3.8) is 0 Å². The van der Waals surface area contributed by atoms with Crippen LogP contribution in [0.4, 0.5) is 0 Å². The number of rotatable bonds is 6. The van der Waals surface area contributed by atoms with E-state index >= 15 is 0 Å². The van der Waals surface area contributed by atoms with Crippen molar-refractivity contribution in [2.45, 2.75) is 38.5 Å². The summed E-state index contributed by atoms with van der Waals surface area (Å²) >= 11 is 0. The van der Waals surface area contributed by atoms with Crippen LogP contribution in [0.5, 0.6) is 0 Å². The number of aliphatic carboxylic acids is 1. The molecular formula is C11H21NO4. The van der Waals surface area contributed by atoms with E-state index in [1.54, 1.807) is 7.11 Å². The topological polar surface area (TPSA) is 67.8 Å². The number of hydrogen-bond donors (Lipinski definition) is 2. The average Bonchev–Trinajstić information content (AvgIpc) is 2.21. The molecule has 0 amide bonds. The molecule has 0 saturated heterocycles. The average molecular weight is 231 g/mol. The first-order valence-electron chi connectivity index (χ1n) is 5.44. The predicted molar refractivity (Wildman–Crippen MR) is 59.4 cm³/mol. The van der Waals surface area contributed by atoms with E-state index in [4.69, 9.17) is 14.6 Å². The number of methoxy groups -OCH3 is 2. The lowest BCUT2D eigenvalue weighted by molar-refractivity contribution is -0.144. The largest absolute Gasteiger partial charge is 0.480 e. The number of carboxylic acid groups (broad SMARTS) is 1. The molecule has 0 aliphatic heterocycles. The van der Waals surface area contributed by atoms with Crippen molar-refractivity contribution >= 4 is 5.97 Å². The maximum absolute atomic E-state index is 11.0. The first-order valence-corrected chi connectivity index (χ1v) is 5.44. The molecule has 0 aromatic rings. The first kappa shape index (κ1) is 13.4. The molecule has 5 heteroatoms. The van der Waals surface area contributed by atoms with Gasteiger partial charge in [0.25, 0.3) is 0 Å². The fourth-order valence-corrected chi connectivity index (χ4v) is 2.17. The Morgan fingerprint density at radius 2 is 2.19 bits per heavy atom. The third-order valence-corrected chi connectivity index (χ3v) is 3.50. The molecule has 1 aliphatic rings. The minimum absolute atomic E-state index is 0.0316. The number of carboxylic acids is 1. The van der Waals surface area contributed by atoms with Crippen LogP contribution in [-0.4, -0.2) is 50.1 Å². The van der Waals surface area contributed by atoms with Gasteiger partial charge in [0.05, 0.1) is 12.7 Å². The zero-order valence-corrected chi connectivity index (χ0v) is 10.3. The highest BCUT2D eigenvalue weighted by Gasteiger charge is 2.49. The lowest BCUT2D eigenvalue weighted by Gasteiger charge is -2.52. The monoisotopic (exact) mass is 231 g/mol. The van der Waals surface area contributed by atoms with Crippen LogP contribution in [-0.2, 0) is 14.3 Å². The van der Waals surface area contributed by atoms with Crippen molar-refractivity contribution in [3.05, 3.63) is 0 Å². The third kappa shape index (κ3) is 2.53. The van der Waals surface area contributed by atoms with Crippen LogP contribution in [0.25, 0.3) is 0 Å². The molecule has 94 valence electrons. The van der Waals surface area contributed by atoms with Gasteiger partial charge in [-0.3, -0.25) is 10.1 Å². The van der Waals surface area contributed by atoms with Crippen LogP contribution in [0.1, 0.15) is 20.3 Å². The van der Waals surface area contributed by atoms with E-state index in [-0.39, 0.29) is 24.2 Å². The smallest absolute Gasteiger partial charge is 0.323 e. The number of carbonyl (C=O) groups is 1. The van der Waals surface area contributed by atoms with E-state index in [0.29, 0.717) is 0 Å². The van der Waals surface area contributed by atoms with Crippen LogP contribution in [0.3, 0.4) is 0 Å². The van der Waals surface area contributed by atoms with Gasteiger partial charge in [0.2, 0.25) is 0 Å². The molecule has 2 N–H and O–H groups in total. The van der Waals surface area contributed by atoms with Crippen LogP contribution >= 0.6 is 0 Å². The Bertz CT molecular complexity index is 254. The van der Waals surface area contributed by atoms with Crippen LogP contribution in [0, 0.1) is 5.41 Å². The maximum atomic E-state index is 11.0. The van der Waals surface area contributed by atoms with Crippen LogP contribution < -0.4 is 5.32 Å². The first-order chi connectivity index (χ1) is 7.43. The molecule has 1 aliphatic carbocycles.